The highest BCUT2D eigenvalue weighted by molar-refractivity contribution is 5.96. The second kappa shape index (κ2) is 9.59. The minimum Gasteiger partial charge on any atom is -0.496 e. The third-order valence-corrected chi connectivity index (χ3v) is 6.81. The number of hydrogen-bond donors (Lipinski definition) is 2. The van der Waals surface area contributed by atoms with Crippen molar-refractivity contribution in [2.45, 2.75) is 51.6 Å². The largest absolute Gasteiger partial charge is 0.496 e. The normalized spacial score (nSPS) is 22.2. The predicted octanol–water partition coefficient (Wildman–Crippen LogP) is 3.33. The number of anilines is 1. The van der Waals surface area contributed by atoms with E-state index in [0.717, 1.165) is 42.9 Å². The maximum absolute atomic E-state index is 13.0. The van der Waals surface area contributed by atoms with Crippen LogP contribution >= 0.6 is 0 Å². The predicted molar refractivity (Wildman–Crippen MR) is 124 cm³/mol. The molecule has 7 heteroatoms. The molecule has 1 aliphatic carbocycles. The standard InChI is InChI=1S/C25H32N4O3/c1-4-26-24(30)18-9-11-23(27-15-18)29-13-12-19(14-17-8-10-21(17)29)28-25(31)20-6-5-7-22(32-3)16(20)2/h5-7,9,11,15,17,19,21H,4,8,10,12-14H2,1-3H3,(H,26,30)(H,28,31). The number of ether oxygens (including phenoxy) is 1. The van der Waals surface area contributed by atoms with E-state index in [2.05, 4.69) is 20.5 Å². The number of aromatic nitrogens is 1. The van der Waals surface area contributed by atoms with Crippen LogP contribution in [-0.2, 0) is 0 Å². The van der Waals surface area contributed by atoms with Crippen LogP contribution in [0.25, 0.3) is 0 Å². The smallest absolute Gasteiger partial charge is 0.252 e. The lowest BCUT2D eigenvalue weighted by molar-refractivity contribution is 0.0922. The summed E-state index contributed by atoms with van der Waals surface area (Å²) in [5, 5.41) is 6.07. The van der Waals surface area contributed by atoms with Crippen molar-refractivity contribution in [1.82, 2.24) is 15.6 Å². The number of nitrogens with zero attached hydrogens (tertiary/aromatic N) is 2. The van der Waals surface area contributed by atoms with Crippen molar-refractivity contribution >= 4 is 17.6 Å². The zero-order chi connectivity index (χ0) is 22.7. The van der Waals surface area contributed by atoms with Crippen molar-refractivity contribution in [3.05, 3.63) is 53.2 Å². The van der Waals surface area contributed by atoms with Gasteiger partial charge in [0.2, 0.25) is 0 Å². The van der Waals surface area contributed by atoms with Crippen LogP contribution in [0, 0.1) is 12.8 Å². The van der Waals surface area contributed by atoms with Crippen molar-refractivity contribution in [2.75, 3.05) is 25.1 Å². The van der Waals surface area contributed by atoms with Crippen LogP contribution in [0.1, 0.15) is 58.9 Å². The molecule has 170 valence electrons. The molecule has 0 bridgehead atoms. The highest BCUT2D eigenvalue weighted by Crippen LogP contribution is 2.40. The first-order valence-electron chi connectivity index (χ1n) is 11.5. The summed E-state index contributed by atoms with van der Waals surface area (Å²) in [6, 6.07) is 9.93. The first-order chi connectivity index (χ1) is 15.5. The van der Waals surface area contributed by atoms with Crippen LogP contribution in [-0.4, -0.2) is 49.1 Å². The summed E-state index contributed by atoms with van der Waals surface area (Å²) in [7, 11) is 1.62. The Labute approximate surface area is 189 Å². The van der Waals surface area contributed by atoms with Crippen molar-refractivity contribution < 1.29 is 14.3 Å². The molecule has 1 saturated carbocycles. The fraction of sp³-hybridized carbons (Fsp3) is 0.480. The molecule has 32 heavy (non-hydrogen) atoms. The summed E-state index contributed by atoms with van der Waals surface area (Å²) in [5.74, 6) is 2.04. The monoisotopic (exact) mass is 436 g/mol. The van der Waals surface area contributed by atoms with Crippen LogP contribution in [0.15, 0.2) is 36.5 Å². The van der Waals surface area contributed by atoms with Crippen LogP contribution in [0.2, 0.25) is 0 Å². The minimum atomic E-state index is -0.0976. The van der Waals surface area contributed by atoms with Crippen molar-refractivity contribution in [3.8, 4) is 5.75 Å². The Morgan fingerprint density at radius 1 is 1.16 bits per heavy atom. The van der Waals surface area contributed by atoms with Gasteiger partial charge >= 0.3 is 0 Å². The summed E-state index contributed by atoms with van der Waals surface area (Å²) in [4.78, 5) is 32.0. The molecule has 7 nitrogen and oxygen atoms in total. The second-order valence-corrected chi connectivity index (χ2v) is 8.69. The Morgan fingerprint density at radius 3 is 2.66 bits per heavy atom. The Morgan fingerprint density at radius 2 is 2.00 bits per heavy atom. The Hall–Kier alpha value is -3.09. The average molecular weight is 437 g/mol. The zero-order valence-electron chi connectivity index (χ0n) is 19.1. The molecule has 2 aliphatic rings. The number of rotatable bonds is 6. The van der Waals surface area contributed by atoms with Gasteiger partial charge in [0.25, 0.3) is 11.8 Å². The molecule has 3 unspecified atom stereocenters. The number of fused-ring (bicyclic) bond motifs is 1. The van der Waals surface area contributed by atoms with Gasteiger partial charge in [0.1, 0.15) is 11.6 Å². The van der Waals surface area contributed by atoms with E-state index in [4.69, 9.17) is 4.74 Å². The number of hydrogen-bond acceptors (Lipinski definition) is 5. The number of nitrogens with one attached hydrogen (secondary N) is 2. The molecule has 0 radical (unpaired) electrons. The van der Waals surface area contributed by atoms with Crippen molar-refractivity contribution in [2.24, 2.45) is 5.92 Å². The number of carbonyl (C=O) groups is 2. The number of benzene rings is 1. The van der Waals surface area contributed by atoms with Gasteiger partial charge in [0, 0.05) is 42.5 Å². The maximum Gasteiger partial charge on any atom is 0.252 e. The van der Waals surface area contributed by atoms with Gasteiger partial charge in [0.15, 0.2) is 0 Å². The first-order valence-corrected chi connectivity index (χ1v) is 11.5. The summed E-state index contributed by atoms with van der Waals surface area (Å²) in [5.41, 5.74) is 2.10. The summed E-state index contributed by atoms with van der Waals surface area (Å²) < 4.78 is 5.37. The molecular weight excluding hydrogens is 404 g/mol. The highest BCUT2D eigenvalue weighted by Gasteiger charge is 2.40. The molecule has 2 N–H and O–H groups in total. The van der Waals surface area contributed by atoms with Gasteiger partial charge in [-0.1, -0.05) is 6.07 Å². The Balaban J connectivity index is 1.44. The van der Waals surface area contributed by atoms with Crippen LogP contribution < -0.4 is 20.3 Å². The highest BCUT2D eigenvalue weighted by atomic mass is 16.5. The van der Waals surface area contributed by atoms with Gasteiger partial charge in [-0.3, -0.25) is 9.59 Å². The first kappa shape index (κ1) is 22.1. The van der Waals surface area contributed by atoms with E-state index in [1.165, 1.54) is 6.42 Å². The molecule has 1 aromatic carbocycles. The average Bonchev–Trinajstić information content (AvgIpc) is 2.90. The Bertz CT molecular complexity index is 976. The third kappa shape index (κ3) is 4.42. The number of carbonyl (C=O) groups excluding carboxylic acids is 2. The molecule has 0 spiro atoms. The molecule has 2 fully saturated rings. The lowest BCUT2D eigenvalue weighted by Crippen LogP contribution is -2.47. The lowest BCUT2D eigenvalue weighted by atomic mass is 9.76. The SMILES string of the molecule is CCNC(=O)c1ccc(N2CCC(NC(=O)c3cccc(OC)c3C)CC3CCC32)nc1. The molecule has 1 aliphatic heterocycles. The maximum atomic E-state index is 13.0. The second-order valence-electron chi connectivity index (χ2n) is 8.69. The summed E-state index contributed by atoms with van der Waals surface area (Å²) >= 11 is 0. The lowest BCUT2D eigenvalue weighted by Gasteiger charge is -2.43. The van der Waals surface area contributed by atoms with E-state index in [1.54, 1.807) is 13.3 Å². The van der Waals surface area contributed by atoms with Crippen LogP contribution in [0.3, 0.4) is 0 Å². The quantitative estimate of drug-likeness (QED) is 0.726. The van der Waals surface area contributed by atoms with Crippen molar-refractivity contribution in [3.63, 3.8) is 0 Å². The van der Waals surface area contributed by atoms with E-state index in [1.807, 2.05) is 44.2 Å². The van der Waals surface area contributed by atoms with Gasteiger partial charge in [-0.15, -0.1) is 0 Å². The number of pyridine rings is 1. The van der Waals surface area contributed by atoms with E-state index < -0.39 is 0 Å². The van der Waals surface area contributed by atoms with Gasteiger partial charge in [-0.05, 0) is 69.7 Å². The summed E-state index contributed by atoms with van der Waals surface area (Å²) in [6.45, 7) is 5.24. The van der Waals surface area contributed by atoms with Gasteiger partial charge in [0.05, 0.1) is 12.7 Å². The van der Waals surface area contributed by atoms with Crippen molar-refractivity contribution in [1.29, 1.82) is 0 Å². The van der Waals surface area contributed by atoms with Crippen LogP contribution in [0.5, 0.6) is 5.75 Å². The molecular formula is C25H32N4O3. The van der Waals surface area contributed by atoms with E-state index in [0.29, 0.717) is 29.6 Å². The van der Waals surface area contributed by atoms with E-state index >= 15 is 0 Å². The number of methoxy groups -OCH3 is 1. The fourth-order valence-electron chi connectivity index (χ4n) is 4.89. The topological polar surface area (TPSA) is 83.6 Å². The van der Waals surface area contributed by atoms with E-state index in [-0.39, 0.29) is 17.9 Å². The molecule has 2 heterocycles. The van der Waals surface area contributed by atoms with E-state index in [9.17, 15) is 9.59 Å². The molecule has 2 aromatic rings. The van der Waals surface area contributed by atoms with Gasteiger partial charge < -0.3 is 20.3 Å². The third-order valence-electron chi connectivity index (χ3n) is 6.81. The molecule has 1 aromatic heterocycles. The number of amides is 2. The van der Waals surface area contributed by atoms with Crippen LogP contribution in [0.4, 0.5) is 5.82 Å². The summed E-state index contributed by atoms with van der Waals surface area (Å²) in [6.07, 6.45) is 5.81. The Kier molecular flexibility index (Phi) is 6.63. The molecule has 2 amide bonds. The zero-order valence-corrected chi connectivity index (χ0v) is 19.1. The van der Waals surface area contributed by atoms with Gasteiger partial charge in [-0.25, -0.2) is 4.98 Å². The minimum absolute atomic E-state index is 0.0415. The molecule has 1 saturated heterocycles. The fourth-order valence-corrected chi connectivity index (χ4v) is 4.89. The molecule has 3 atom stereocenters. The molecule has 4 rings (SSSR count). The van der Waals surface area contributed by atoms with Gasteiger partial charge in [-0.2, -0.15) is 0 Å².